The lowest BCUT2D eigenvalue weighted by Gasteiger charge is -2.57. The molecule has 0 atom stereocenters. The van der Waals surface area contributed by atoms with Crippen molar-refractivity contribution < 1.29 is 0 Å². The molecule has 0 spiro atoms. The van der Waals surface area contributed by atoms with Gasteiger partial charge in [0.2, 0.25) is 0 Å². The highest BCUT2D eigenvalue weighted by atomic mass is 14.6. The standard InChI is InChI=1S/C32H22/c1-3-13-23(14-4-1)31-25-17-7-10-20-28(25)32(24-15-5-2-6-16-24,29-21-11-8-18-26(29)31)30-22-12-9-19-27(30)31/h1-22H. The van der Waals surface area contributed by atoms with Gasteiger partial charge in [-0.25, -0.2) is 0 Å². The number of hydrogen-bond donors (Lipinski definition) is 0. The molecule has 0 aromatic heterocycles. The van der Waals surface area contributed by atoms with Crippen molar-refractivity contribution in [1.82, 2.24) is 0 Å². The Morgan fingerprint density at radius 1 is 0.250 bits per heavy atom. The molecule has 5 aromatic rings. The molecular formula is C32H22. The number of hydrogen-bond acceptors (Lipinski definition) is 0. The van der Waals surface area contributed by atoms with E-state index in [0.29, 0.717) is 0 Å². The zero-order valence-corrected chi connectivity index (χ0v) is 17.7. The first-order valence-corrected chi connectivity index (χ1v) is 11.3. The van der Waals surface area contributed by atoms with E-state index in [1.54, 1.807) is 0 Å². The molecule has 3 aliphatic carbocycles. The van der Waals surface area contributed by atoms with Crippen LogP contribution in [0.5, 0.6) is 0 Å². The molecule has 5 aromatic carbocycles. The highest BCUT2D eigenvalue weighted by Gasteiger charge is 2.59. The van der Waals surface area contributed by atoms with Crippen molar-refractivity contribution in [2.45, 2.75) is 10.8 Å². The summed E-state index contributed by atoms with van der Waals surface area (Å²) in [7, 11) is 0. The van der Waals surface area contributed by atoms with Crippen LogP contribution >= 0.6 is 0 Å². The van der Waals surface area contributed by atoms with E-state index in [0.717, 1.165) is 0 Å². The van der Waals surface area contributed by atoms with Gasteiger partial charge in [0.1, 0.15) is 0 Å². The minimum Gasteiger partial charge on any atom is -0.0622 e. The van der Waals surface area contributed by atoms with E-state index in [1.807, 2.05) is 0 Å². The third-order valence-electron chi connectivity index (χ3n) is 7.62. The summed E-state index contributed by atoms with van der Waals surface area (Å²) in [6.45, 7) is 0. The molecule has 0 amide bonds. The van der Waals surface area contributed by atoms with Gasteiger partial charge in [0, 0.05) is 0 Å². The largest absolute Gasteiger partial charge is 0.0711 e. The highest BCUT2D eigenvalue weighted by molar-refractivity contribution is 5.81. The van der Waals surface area contributed by atoms with E-state index in [-0.39, 0.29) is 10.8 Å². The number of benzene rings is 5. The van der Waals surface area contributed by atoms with Crippen molar-refractivity contribution in [2.75, 3.05) is 0 Å². The summed E-state index contributed by atoms with van der Waals surface area (Å²) < 4.78 is 0. The summed E-state index contributed by atoms with van der Waals surface area (Å²) in [6.07, 6.45) is 0. The predicted molar refractivity (Wildman–Crippen MR) is 130 cm³/mol. The normalized spacial score (nSPS) is 22.0. The second kappa shape index (κ2) is 6.31. The zero-order valence-electron chi connectivity index (χ0n) is 17.7. The summed E-state index contributed by atoms with van der Waals surface area (Å²) in [5.74, 6) is 0. The summed E-state index contributed by atoms with van der Waals surface area (Å²) in [5, 5.41) is 0. The summed E-state index contributed by atoms with van der Waals surface area (Å²) >= 11 is 0. The smallest absolute Gasteiger partial charge is 0.0622 e. The van der Waals surface area contributed by atoms with Crippen LogP contribution in [-0.4, -0.2) is 0 Å². The Kier molecular flexibility index (Phi) is 3.50. The molecule has 0 N–H and O–H groups in total. The van der Waals surface area contributed by atoms with Crippen LogP contribution in [-0.2, 0) is 10.8 Å². The molecule has 0 radical (unpaired) electrons. The summed E-state index contributed by atoms with van der Waals surface area (Å²) in [4.78, 5) is 0. The molecule has 150 valence electrons. The van der Waals surface area contributed by atoms with Crippen molar-refractivity contribution >= 4 is 0 Å². The van der Waals surface area contributed by atoms with Gasteiger partial charge in [0.05, 0.1) is 10.8 Å². The van der Waals surface area contributed by atoms with Gasteiger partial charge in [-0.2, -0.15) is 0 Å². The van der Waals surface area contributed by atoms with Crippen molar-refractivity contribution in [3.63, 3.8) is 0 Å². The zero-order chi connectivity index (χ0) is 21.2. The molecule has 0 aliphatic heterocycles. The minimum absolute atomic E-state index is 0.318. The third kappa shape index (κ3) is 1.90. The first kappa shape index (κ1) is 17.7. The molecular weight excluding hydrogens is 384 g/mol. The topological polar surface area (TPSA) is 0 Å². The fourth-order valence-electron chi connectivity index (χ4n) is 6.59. The second-order valence-corrected chi connectivity index (χ2v) is 8.87. The maximum absolute atomic E-state index is 2.35. The Bertz CT molecular complexity index is 1230. The second-order valence-electron chi connectivity index (χ2n) is 8.87. The molecule has 3 aliphatic rings. The van der Waals surface area contributed by atoms with Crippen LogP contribution in [0.2, 0.25) is 0 Å². The minimum atomic E-state index is -0.318. The van der Waals surface area contributed by atoms with Crippen molar-refractivity contribution in [2.24, 2.45) is 0 Å². The van der Waals surface area contributed by atoms with E-state index >= 15 is 0 Å². The third-order valence-corrected chi connectivity index (χ3v) is 7.62. The molecule has 0 unspecified atom stereocenters. The lowest BCUT2D eigenvalue weighted by molar-refractivity contribution is 0.557. The van der Waals surface area contributed by atoms with E-state index in [1.165, 1.54) is 44.5 Å². The van der Waals surface area contributed by atoms with E-state index in [4.69, 9.17) is 0 Å². The van der Waals surface area contributed by atoms with Crippen molar-refractivity contribution in [1.29, 1.82) is 0 Å². The lowest BCUT2D eigenvalue weighted by atomic mass is 9.44. The van der Waals surface area contributed by atoms with Gasteiger partial charge in [-0.15, -0.1) is 0 Å². The van der Waals surface area contributed by atoms with Crippen LogP contribution in [0.15, 0.2) is 133 Å². The van der Waals surface area contributed by atoms with Crippen LogP contribution in [0.25, 0.3) is 0 Å². The van der Waals surface area contributed by atoms with Gasteiger partial charge < -0.3 is 0 Å². The Balaban J connectivity index is 1.77. The lowest BCUT2D eigenvalue weighted by Crippen LogP contribution is -2.51. The van der Waals surface area contributed by atoms with Gasteiger partial charge in [-0.3, -0.25) is 0 Å². The van der Waals surface area contributed by atoms with Gasteiger partial charge in [0.15, 0.2) is 0 Å². The molecule has 0 heterocycles. The maximum Gasteiger partial charge on any atom is 0.0711 e. The Hall–Kier alpha value is -3.90. The predicted octanol–water partition coefficient (Wildman–Crippen LogP) is 7.08. The average molecular weight is 407 g/mol. The molecule has 32 heavy (non-hydrogen) atoms. The molecule has 2 bridgehead atoms. The van der Waals surface area contributed by atoms with Crippen molar-refractivity contribution in [3.05, 3.63) is 178 Å². The molecule has 0 heteroatoms. The maximum atomic E-state index is 2.35. The van der Waals surface area contributed by atoms with Crippen LogP contribution in [0.4, 0.5) is 0 Å². The fourth-order valence-corrected chi connectivity index (χ4v) is 6.59. The Morgan fingerprint density at radius 3 is 0.719 bits per heavy atom. The van der Waals surface area contributed by atoms with E-state index in [2.05, 4.69) is 133 Å². The average Bonchev–Trinajstić information content (AvgIpc) is 2.89. The molecule has 0 saturated heterocycles. The monoisotopic (exact) mass is 406 g/mol. The van der Waals surface area contributed by atoms with Crippen LogP contribution in [0.3, 0.4) is 0 Å². The first-order valence-electron chi connectivity index (χ1n) is 11.3. The fraction of sp³-hybridized carbons (Fsp3) is 0.0625. The van der Waals surface area contributed by atoms with Gasteiger partial charge in [-0.05, 0) is 44.5 Å². The van der Waals surface area contributed by atoms with E-state index < -0.39 is 0 Å². The first-order chi connectivity index (χ1) is 15.9. The Labute approximate surface area is 188 Å². The van der Waals surface area contributed by atoms with E-state index in [9.17, 15) is 0 Å². The summed E-state index contributed by atoms with van der Waals surface area (Å²) in [5.41, 5.74) is 10.4. The van der Waals surface area contributed by atoms with Crippen LogP contribution in [0, 0.1) is 0 Å². The van der Waals surface area contributed by atoms with Gasteiger partial charge in [-0.1, -0.05) is 133 Å². The molecule has 0 fully saturated rings. The van der Waals surface area contributed by atoms with Gasteiger partial charge in [0.25, 0.3) is 0 Å². The van der Waals surface area contributed by atoms with Crippen molar-refractivity contribution in [3.8, 4) is 0 Å². The molecule has 0 saturated carbocycles. The SMILES string of the molecule is c1ccc(C23c4ccccc4C(c4ccccc4)(c4ccccc42)c2ccccc23)cc1. The molecule has 0 nitrogen and oxygen atoms in total. The number of rotatable bonds is 2. The van der Waals surface area contributed by atoms with Crippen LogP contribution in [0.1, 0.15) is 44.5 Å². The summed E-state index contributed by atoms with van der Waals surface area (Å²) in [6, 6.07) is 49.4. The van der Waals surface area contributed by atoms with Crippen LogP contribution < -0.4 is 0 Å². The quantitative estimate of drug-likeness (QED) is 0.288. The highest BCUT2D eigenvalue weighted by Crippen LogP contribution is 2.65. The Morgan fingerprint density at radius 2 is 0.469 bits per heavy atom. The van der Waals surface area contributed by atoms with Gasteiger partial charge >= 0.3 is 0 Å². The molecule has 8 rings (SSSR count).